The summed E-state index contributed by atoms with van der Waals surface area (Å²) in [5.41, 5.74) is 3.06. The van der Waals surface area contributed by atoms with Crippen LogP contribution in [0, 0.1) is 0 Å². The van der Waals surface area contributed by atoms with Gasteiger partial charge in [-0.2, -0.15) is 0 Å². The molecule has 2 aliphatic heterocycles. The maximum atomic E-state index is 13.2. The first kappa shape index (κ1) is 20.5. The minimum absolute atomic E-state index is 0.0780. The molecule has 4 heterocycles. The largest absolute Gasteiger partial charge is 0.484 e. The quantitative estimate of drug-likeness (QED) is 0.618. The molecular weight excluding hydrogens is 438 g/mol. The zero-order valence-electron chi connectivity index (χ0n) is 17.0. The lowest BCUT2D eigenvalue weighted by Gasteiger charge is -2.31. The first-order chi connectivity index (χ1) is 15.0. The number of morpholine rings is 1. The summed E-state index contributed by atoms with van der Waals surface area (Å²) >= 11 is 7.47. The van der Waals surface area contributed by atoms with E-state index in [1.54, 1.807) is 11.6 Å². The number of aromatic nitrogens is 1. The van der Waals surface area contributed by atoms with Crippen LogP contribution < -0.4 is 15.0 Å². The number of benzene rings is 1. The summed E-state index contributed by atoms with van der Waals surface area (Å²) in [6, 6.07) is 5.73. The topological polar surface area (TPSA) is 83.9 Å². The van der Waals surface area contributed by atoms with Crippen molar-refractivity contribution in [3.63, 3.8) is 0 Å². The van der Waals surface area contributed by atoms with Gasteiger partial charge in [0.1, 0.15) is 11.4 Å². The first-order valence-corrected chi connectivity index (χ1v) is 11.4. The molecule has 0 spiro atoms. The highest BCUT2D eigenvalue weighted by Crippen LogP contribution is 2.42. The number of hydrogen-bond acceptors (Lipinski definition) is 7. The molecule has 5 rings (SSSR count). The van der Waals surface area contributed by atoms with Crippen LogP contribution in [0.2, 0.25) is 5.02 Å². The Bertz CT molecular complexity index is 1160. The van der Waals surface area contributed by atoms with E-state index >= 15 is 0 Å². The fourth-order valence-electron chi connectivity index (χ4n) is 4.05. The van der Waals surface area contributed by atoms with E-state index in [4.69, 9.17) is 21.1 Å². The Hall–Kier alpha value is -2.39. The Morgan fingerprint density at radius 3 is 2.94 bits per heavy atom. The number of fused-ring (bicyclic) bond motifs is 2. The van der Waals surface area contributed by atoms with E-state index in [0.717, 1.165) is 34.8 Å². The average molecular weight is 460 g/mol. The van der Waals surface area contributed by atoms with Gasteiger partial charge in [0.2, 0.25) is 0 Å². The first-order valence-electron chi connectivity index (χ1n) is 10.1. The molecule has 0 saturated carbocycles. The monoisotopic (exact) mass is 459 g/mol. The second-order valence-electron chi connectivity index (χ2n) is 8.07. The van der Waals surface area contributed by atoms with Crippen LogP contribution in [-0.4, -0.2) is 54.5 Å². The van der Waals surface area contributed by atoms with Gasteiger partial charge in [0.05, 0.1) is 52.0 Å². The molecule has 1 atom stereocenters. The van der Waals surface area contributed by atoms with Gasteiger partial charge in [0.15, 0.2) is 0 Å². The molecule has 1 amide bonds. The van der Waals surface area contributed by atoms with Gasteiger partial charge in [-0.05, 0) is 19.1 Å². The highest BCUT2D eigenvalue weighted by molar-refractivity contribution is 7.17. The Balaban J connectivity index is 1.51. The molecule has 0 aliphatic carbocycles. The van der Waals surface area contributed by atoms with E-state index in [1.807, 2.05) is 25.1 Å². The van der Waals surface area contributed by atoms with Crippen molar-refractivity contribution in [3.05, 3.63) is 45.9 Å². The number of hydrogen-bond donors (Lipinski definition) is 2. The number of aliphatic hydroxyl groups is 1. The molecule has 7 nitrogen and oxygen atoms in total. The lowest BCUT2D eigenvalue weighted by Crippen LogP contribution is -2.36. The van der Waals surface area contributed by atoms with Crippen LogP contribution >= 0.6 is 22.9 Å². The molecule has 31 heavy (non-hydrogen) atoms. The fraction of sp³-hybridized carbons (Fsp3) is 0.364. The van der Waals surface area contributed by atoms with Crippen LogP contribution in [0.4, 0.5) is 11.4 Å². The number of anilines is 2. The SMILES string of the molecule is C[C@@]1(CO)Cc2cc(NC(=O)c3csc4cc(Cl)cnc34)c(N3CCOCC3)cc2O1. The van der Waals surface area contributed by atoms with Gasteiger partial charge in [-0.1, -0.05) is 11.6 Å². The Labute approximate surface area is 188 Å². The zero-order valence-corrected chi connectivity index (χ0v) is 18.6. The van der Waals surface area contributed by atoms with E-state index < -0.39 is 5.60 Å². The fourth-order valence-corrected chi connectivity index (χ4v) is 5.20. The second kappa shape index (κ2) is 7.94. The number of ether oxygens (including phenoxy) is 2. The van der Waals surface area contributed by atoms with Crippen LogP contribution in [-0.2, 0) is 11.2 Å². The average Bonchev–Trinajstić information content (AvgIpc) is 3.33. The van der Waals surface area contributed by atoms with Gasteiger partial charge in [0.25, 0.3) is 5.91 Å². The summed E-state index contributed by atoms with van der Waals surface area (Å²) in [5.74, 6) is 0.521. The van der Waals surface area contributed by atoms with Crippen LogP contribution in [0.25, 0.3) is 10.2 Å². The molecule has 1 aromatic carbocycles. The normalized spacial score (nSPS) is 20.5. The number of carbonyl (C=O) groups is 1. The predicted molar refractivity (Wildman–Crippen MR) is 122 cm³/mol. The minimum Gasteiger partial charge on any atom is -0.484 e. The Morgan fingerprint density at radius 1 is 1.35 bits per heavy atom. The molecule has 0 radical (unpaired) electrons. The zero-order chi connectivity index (χ0) is 21.6. The molecule has 2 N–H and O–H groups in total. The molecule has 2 aromatic heterocycles. The minimum atomic E-state index is -0.653. The molecule has 0 bridgehead atoms. The summed E-state index contributed by atoms with van der Waals surface area (Å²) in [4.78, 5) is 19.7. The van der Waals surface area contributed by atoms with E-state index in [-0.39, 0.29) is 12.5 Å². The molecule has 0 unspecified atom stereocenters. The Morgan fingerprint density at radius 2 is 2.16 bits per heavy atom. The van der Waals surface area contributed by atoms with Crippen molar-refractivity contribution >= 4 is 50.4 Å². The number of pyridine rings is 1. The number of aliphatic hydroxyl groups excluding tert-OH is 1. The van der Waals surface area contributed by atoms with Gasteiger partial charge >= 0.3 is 0 Å². The van der Waals surface area contributed by atoms with Crippen molar-refractivity contribution in [1.29, 1.82) is 0 Å². The van der Waals surface area contributed by atoms with Gasteiger partial charge in [-0.3, -0.25) is 9.78 Å². The number of amides is 1. The van der Waals surface area contributed by atoms with Crippen LogP contribution in [0.3, 0.4) is 0 Å². The third-order valence-corrected chi connectivity index (χ3v) is 6.78. The maximum Gasteiger partial charge on any atom is 0.258 e. The van der Waals surface area contributed by atoms with Crippen molar-refractivity contribution < 1.29 is 19.4 Å². The van der Waals surface area contributed by atoms with Crippen molar-refractivity contribution in [1.82, 2.24) is 4.98 Å². The third-order valence-electron chi connectivity index (χ3n) is 5.66. The summed E-state index contributed by atoms with van der Waals surface area (Å²) < 4.78 is 12.4. The molecule has 9 heteroatoms. The molecular formula is C22H22ClN3O4S. The van der Waals surface area contributed by atoms with E-state index in [0.29, 0.717) is 41.4 Å². The second-order valence-corrected chi connectivity index (χ2v) is 9.41. The molecule has 1 fully saturated rings. The Kier molecular flexibility index (Phi) is 5.26. The number of rotatable bonds is 4. The maximum absolute atomic E-state index is 13.2. The molecule has 3 aromatic rings. The van der Waals surface area contributed by atoms with Gasteiger partial charge < -0.3 is 24.8 Å². The smallest absolute Gasteiger partial charge is 0.258 e. The van der Waals surface area contributed by atoms with Crippen molar-refractivity contribution in [2.45, 2.75) is 18.9 Å². The van der Waals surface area contributed by atoms with Crippen molar-refractivity contribution in [2.24, 2.45) is 0 Å². The standard InChI is InChI=1S/C22H22ClN3O4S/c1-22(12-27)9-13-6-16(17(8-18(13)30-22)26-2-4-29-5-3-26)25-21(28)15-11-31-19-7-14(23)10-24-20(15)19/h6-8,10-11,27H,2-5,9,12H2,1H3,(H,25,28)/t22-/m0/s1. The van der Waals surface area contributed by atoms with Crippen molar-refractivity contribution in [2.75, 3.05) is 43.1 Å². The number of thiophene rings is 1. The van der Waals surface area contributed by atoms with Crippen LogP contribution in [0.1, 0.15) is 22.8 Å². The highest BCUT2D eigenvalue weighted by Gasteiger charge is 2.35. The summed E-state index contributed by atoms with van der Waals surface area (Å²) in [6.45, 7) is 4.50. The van der Waals surface area contributed by atoms with E-state index in [1.165, 1.54) is 11.3 Å². The van der Waals surface area contributed by atoms with Gasteiger partial charge in [0, 0.05) is 42.7 Å². The number of carbonyl (C=O) groups excluding carboxylic acids is 1. The molecule has 162 valence electrons. The van der Waals surface area contributed by atoms with Crippen LogP contribution in [0.15, 0.2) is 29.8 Å². The lowest BCUT2D eigenvalue weighted by atomic mass is 9.99. The number of nitrogens with one attached hydrogen (secondary N) is 1. The predicted octanol–water partition coefficient (Wildman–Crippen LogP) is 3.72. The summed E-state index contributed by atoms with van der Waals surface area (Å²) in [6.07, 6.45) is 2.13. The molecule has 1 saturated heterocycles. The summed E-state index contributed by atoms with van der Waals surface area (Å²) in [7, 11) is 0. The number of halogens is 1. The van der Waals surface area contributed by atoms with E-state index in [2.05, 4.69) is 15.2 Å². The van der Waals surface area contributed by atoms with Gasteiger partial charge in [-0.15, -0.1) is 11.3 Å². The number of nitrogens with zero attached hydrogens (tertiary/aromatic N) is 2. The molecule has 2 aliphatic rings. The summed E-state index contributed by atoms with van der Waals surface area (Å²) in [5, 5.41) is 15.2. The van der Waals surface area contributed by atoms with Crippen molar-refractivity contribution in [3.8, 4) is 5.75 Å². The highest BCUT2D eigenvalue weighted by atomic mass is 35.5. The van der Waals surface area contributed by atoms with Crippen LogP contribution in [0.5, 0.6) is 5.75 Å². The van der Waals surface area contributed by atoms with Gasteiger partial charge in [-0.25, -0.2) is 0 Å². The third kappa shape index (κ3) is 3.85. The lowest BCUT2D eigenvalue weighted by molar-refractivity contribution is 0.0446. The van der Waals surface area contributed by atoms with E-state index in [9.17, 15) is 9.90 Å².